The molecule has 0 aliphatic carbocycles. The molecule has 0 bridgehead atoms. The van der Waals surface area contributed by atoms with Gasteiger partial charge in [-0.25, -0.2) is 14.8 Å². The van der Waals surface area contributed by atoms with E-state index in [-0.39, 0.29) is 11.9 Å². The smallest absolute Gasteiger partial charge is 0.321 e. The lowest BCUT2D eigenvalue weighted by Crippen LogP contribution is -2.30. The maximum absolute atomic E-state index is 12.8. The number of hydrogen-bond acceptors (Lipinski definition) is 5. The molecule has 0 aliphatic heterocycles. The Morgan fingerprint density at radius 1 is 1.06 bits per heavy atom. The van der Waals surface area contributed by atoms with Crippen LogP contribution in [-0.4, -0.2) is 33.4 Å². The third-order valence-corrected chi connectivity index (χ3v) is 5.95. The van der Waals surface area contributed by atoms with Crippen LogP contribution in [0.2, 0.25) is 0 Å². The minimum Gasteiger partial charge on any atom is -0.348 e. The van der Waals surface area contributed by atoms with Crippen LogP contribution >= 0.6 is 11.3 Å². The molecule has 2 heterocycles. The van der Waals surface area contributed by atoms with Crippen LogP contribution in [0.1, 0.15) is 32.7 Å². The van der Waals surface area contributed by atoms with Crippen molar-refractivity contribution >= 4 is 44.3 Å². The average molecular weight is 449 g/mol. The number of aromatic nitrogens is 3. The molecular formula is C23H24N6O2S. The number of fused-ring (bicyclic) bond motifs is 1. The van der Waals surface area contributed by atoms with Crippen LogP contribution in [0.5, 0.6) is 0 Å². The molecule has 164 valence electrons. The minimum absolute atomic E-state index is 0.179. The normalized spacial score (nSPS) is 10.8. The first kappa shape index (κ1) is 21.5. The summed E-state index contributed by atoms with van der Waals surface area (Å²) in [5.74, 6) is -0.179. The van der Waals surface area contributed by atoms with Crippen molar-refractivity contribution in [3.05, 3.63) is 70.8 Å². The summed E-state index contributed by atoms with van der Waals surface area (Å²) in [5, 5.41) is 9.03. The van der Waals surface area contributed by atoms with Crippen molar-refractivity contribution < 1.29 is 9.59 Å². The van der Waals surface area contributed by atoms with Crippen LogP contribution in [0.4, 0.5) is 15.6 Å². The Morgan fingerprint density at radius 2 is 1.84 bits per heavy atom. The monoisotopic (exact) mass is 448 g/mol. The molecular weight excluding hydrogens is 424 g/mol. The van der Waals surface area contributed by atoms with Crippen LogP contribution in [0, 0.1) is 20.8 Å². The number of benzene rings is 2. The Bertz CT molecular complexity index is 1260. The van der Waals surface area contributed by atoms with Crippen molar-refractivity contribution in [2.75, 3.05) is 17.2 Å². The van der Waals surface area contributed by atoms with Crippen molar-refractivity contribution in [1.29, 1.82) is 0 Å². The summed E-state index contributed by atoms with van der Waals surface area (Å²) in [4.78, 5) is 36.3. The highest BCUT2D eigenvalue weighted by atomic mass is 32.1. The van der Waals surface area contributed by atoms with E-state index in [1.165, 1.54) is 11.3 Å². The zero-order valence-corrected chi connectivity index (χ0v) is 18.9. The van der Waals surface area contributed by atoms with Crippen LogP contribution in [0.3, 0.4) is 0 Å². The number of carbonyl (C=O) groups excluding carboxylic acids is 2. The fourth-order valence-corrected chi connectivity index (χ4v) is 4.46. The second-order valence-corrected chi connectivity index (χ2v) is 8.67. The van der Waals surface area contributed by atoms with Gasteiger partial charge in [0.2, 0.25) is 0 Å². The number of amides is 3. The maximum atomic E-state index is 12.8. The van der Waals surface area contributed by atoms with Crippen molar-refractivity contribution in [2.24, 2.45) is 0 Å². The van der Waals surface area contributed by atoms with Crippen LogP contribution < -0.4 is 16.0 Å². The standard InChI is InChI=1S/C23H24N6O2S/c1-13-8-14(2)20(15(3)9-13)28-21(30)16-4-5-18-19(10-16)32-23(27-18)29-22(31)25-7-6-17-11-24-12-26-17/h4-5,8-12H,6-7H2,1-3H3,(H,24,26)(H,28,30)(H2,25,27,29,31). The van der Waals surface area contributed by atoms with Gasteiger partial charge >= 0.3 is 6.03 Å². The SMILES string of the molecule is Cc1cc(C)c(NC(=O)c2ccc3nc(NC(=O)NCCc4cnc[nH]4)sc3c2)c(C)c1. The zero-order chi connectivity index (χ0) is 22.7. The van der Waals surface area contributed by atoms with Crippen molar-refractivity contribution in [3.63, 3.8) is 0 Å². The predicted molar refractivity (Wildman–Crippen MR) is 128 cm³/mol. The Labute approximate surface area is 189 Å². The van der Waals surface area contributed by atoms with E-state index < -0.39 is 0 Å². The number of rotatable bonds is 6. The molecule has 8 nitrogen and oxygen atoms in total. The van der Waals surface area contributed by atoms with Gasteiger partial charge in [-0.1, -0.05) is 29.0 Å². The number of nitrogens with one attached hydrogen (secondary N) is 4. The molecule has 0 atom stereocenters. The molecule has 0 spiro atoms. The fourth-order valence-electron chi connectivity index (χ4n) is 3.56. The fraction of sp³-hybridized carbons (Fsp3) is 0.217. The predicted octanol–water partition coefficient (Wildman–Crippen LogP) is 4.56. The van der Waals surface area contributed by atoms with E-state index in [1.54, 1.807) is 30.7 Å². The Hall–Kier alpha value is -3.72. The van der Waals surface area contributed by atoms with E-state index in [1.807, 2.05) is 32.9 Å². The van der Waals surface area contributed by atoms with Crippen LogP contribution in [0.15, 0.2) is 42.9 Å². The van der Waals surface area contributed by atoms with E-state index >= 15 is 0 Å². The number of anilines is 2. The van der Waals surface area contributed by atoms with E-state index in [0.29, 0.717) is 23.7 Å². The van der Waals surface area contributed by atoms with Gasteiger partial charge in [-0.3, -0.25) is 10.1 Å². The molecule has 2 aromatic carbocycles. The van der Waals surface area contributed by atoms with Gasteiger partial charge in [0, 0.05) is 36.1 Å². The van der Waals surface area contributed by atoms with Crippen molar-refractivity contribution in [2.45, 2.75) is 27.2 Å². The Balaban J connectivity index is 1.41. The number of aryl methyl sites for hydroxylation is 3. The van der Waals surface area contributed by atoms with Crippen molar-refractivity contribution in [3.8, 4) is 0 Å². The Kier molecular flexibility index (Phi) is 6.18. The zero-order valence-electron chi connectivity index (χ0n) is 18.1. The highest BCUT2D eigenvalue weighted by Crippen LogP contribution is 2.28. The molecule has 0 unspecified atom stereocenters. The molecule has 9 heteroatoms. The summed E-state index contributed by atoms with van der Waals surface area (Å²) in [6.45, 7) is 6.48. The minimum atomic E-state index is -0.327. The molecule has 0 saturated carbocycles. The Morgan fingerprint density at radius 3 is 2.56 bits per heavy atom. The summed E-state index contributed by atoms with van der Waals surface area (Å²) < 4.78 is 0.822. The second-order valence-electron chi connectivity index (χ2n) is 7.64. The number of H-pyrrole nitrogens is 1. The first-order valence-electron chi connectivity index (χ1n) is 10.2. The number of urea groups is 1. The van der Waals surface area contributed by atoms with E-state index in [9.17, 15) is 9.59 Å². The van der Waals surface area contributed by atoms with Gasteiger partial charge in [-0.05, 0) is 50.1 Å². The number of nitrogens with zero attached hydrogens (tertiary/aromatic N) is 2. The lowest BCUT2D eigenvalue weighted by atomic mass is 10.0. The largest absolute Gasteiger partial charge is 0.348 e. The summed E-state index contributed by atoms with van der Waals surface area (Å²) >= 11 is 1.32. The van der Waals surface area contributed by atoms with E-state index in [4.69, 9.17) is 0 Å². The number of hydrogen-bond donors (Lipinski definition) is 4. The topological polar surface area (TPSA) is 112 Å². The average Bonchev–Trinajstić information content (AvgIpc) is 3.39. The van der Waals surface area contributed by atoms with Gasteiger partial charge in [0.1, 0.15) is 0 Å². The quantitative estimate of drug-likeness (QED) is 0.346. The third kappa shape index (κ3) is 4.94. The molecule has 4 N–H and O–H groups in total. The molecule has 3 amide bonds. The second kappa shape index (κ2) is 9.19. The van der Waals surface area contributed by atoms with Gasteiger partial charge in [-0.15, -0.1) is 0 Å². The molecule has 0 aliphatic rings. The molecule has 2 aromatic heterocycles. The molecule has 0 saturated heterocycles. The summed E-state index contributed by atoms with van der Waals surface area (Å²) in [7, 11) is 0. The van der Waals surface area contributed by atoms with Crippen LogP contribution in [-0.2, 0) is 6.42 Å². The van der Waals surface area contributed by atoms with E-state index in [2.05, 4.69) is 30.9 Å². The lowest BCUT2D eigenvalue weighted by molar-refractivity contribution is 0.102. The maximum Gasteiger partial charge on any atom is 0.321 e. The number of aromatic amines is 1. The number of thiazole rings is 1. The first-order chi connectivity index (χ1) is 15.4. The molecule has 4 rings (SSSR count). The summed E-state index contributed by atoms with van der Waals surface area (Å²) in [6.07, 6.45) is 3.99. The molecule has 0 fully saturated rings. The van der Waals surface area contributed by atoms with Crippen LogP contribution in [0.25, 0.3) is 10.2 Å². The molecule has 4 aromatic rings. The highest BCUT2D eigenvalue weighted by molar-refractivity contribution is 7.22. The lowest BCUT2D eigenvalue weighted by Gasteiger charge is -2.12. The van der Waals surface area contributed by atoms with E-state index in [0.717, 1.165) is 38.3 Å². The van der Waals surface area contributed by atoms with Gasteiger partial charge < -0.3 is 15.6 Å². The molecule has 32 heavy (non-hydrogen) atoms. The number of carbonyl (C=O) groups is 2. The summed E-state index contributed by atoms with van der Waals surface area (Å²) in [6, 6.07) is 9.09. The van der Waals surface area contributed by atoms with Gasteiger partial charge in [-0.2, -0.15) is 0 Å². The third-order valence-electron chi connectivity index (χ3n) is 5.02. The summed E-state index contributed by atoms with van der Waals surface area (Å²) in [5.41, 5.74) is 6.26. The number of imidazole rings is 1. The van der Waals surface area contributed by atoms with Gasteiger partial charge in [0.15, 0.2) is 5.13 Å². The van der Waals surface area contributed by atoms with Gasteiger partial charge in [0.05, 0.1) is 16.5 Å². The first-order valence-corrected chi connectivity index (χ1v) is 11.0. The van der Waals surface area contributed by atoms with Gasteiger partial charge in [0.25, 0.3) is 5.91 Å². The highest BCUT2D eigenvalue weighted by Gasteiger charge is 2.13. The van der Waals surface area contributed by atoms with Crippen molar-refractivity contribution in [1.82, 2.24) is 20.3 Å². The molecule has 0 radical (unpaired) electrons.